The van der Waals surface area contributed by atoms with Gasteiger partial charge < -0.3 is 30.9 Å². The number of hydrogen-bond acceptors (Lipinski definition) is 6. The van der Waals surface area contributed by atoms with Gasteiger partial charge >= 0.3 is 6.03 Å². The number of rotatable bonds is 10. The van der Waals surface area contributed by atoms with Gasteiger partial charge in [-0.1, -0.05) is 37.5 Å². The number of carbonyl (C=O) groups excluding carboxylic acids is 4. The van der Waals surface area contributed by atoms with E-state index in [0.717, 1.165) is 54.5 Å². The van der Waals surface area contributed by atoms with Crippen molar-refractivity contribution in [2.75, 3.05) is 26.0 Å². The van der Waals surface area contributed by atoms with Crippen molar-refractivity contribution in [3.05, 3.63) is 77.1 Å². The number of aryl methyl sites for hydroxylation is 1. The summed E-state index contributed by atoms with van der Waals surface area (Å²) in [4.78, 5) is 55.5. The Balaban J connectivity index is 1.18. The Kier molecular flexibility index (Phi) is 9.19. The Bertz CT molecular complexity index is 1650. The maximum atomic E-state index is 13.8. The molecular formula is C35H43N7O5. The van der Waals surface area contributed by atoms with Gasteiger partial charge in [-0.05, 0) is 72.2 Å². The Hall–Kier alpha value is -4.87. The molecule has 4 N–H and O–H groups in total. The second-order valence-electron chi connectivity index (χ2n) is 12.9. The zero-order chi connectivity index (χ0) is 33.1. The predicted octanol–water partition coefficient (Wildman–Crippen LogP) is 2.97. The number of amides is 5. The first-order valence-corrected chi connectivity index (χ1v) is 16.4. The van der Waals surface area contributed by atoms with E-state index in [9.17, 15) is 19.2 Å². The van der Waals surface area contributed by atoms with E-state index >= 15 is 0 Å². The summed E-state index contributed by atoms with van der Waals surface area (Å²) in [6, 6.07) is 13.9. The fourth-order valence-electron chi connectivity index (χ4n) is 7.47. The maximum absolute atomic E-state index is 13.8. The molecule has 12 heteroatoms. The first kappa shape index (κ1) is 32.1. The molecule has 3 atom stereocenters. The highest BCUT2D eigenvalue weighted by Crippen LogP contribution is 2.38. The average Bonchev–Trinajstić information content (AvgIpc) is 3.80. The van der Waals surface area contributed by atoms with E-state index < -0.39 is 11.6 Å². The standard InChI is InChI=1S/C35H43N7O5/c1-36-33(45)35(42-21-27(39-34(42)46)17-22-9-13-28(47-3)14-10-22)19-24-11-12-26(18-25(24)20-35)38-32(44)30(23-7-5-4-6-8-23)40-31(43)29-15-16-37-41(29)2/h9-16,18,23,27,30H,4-8,17,19-21H2,1-3H3,(H,36,45)(H,38,44)(H,39,46)(H,40,43)/t27-,30+,35?/m1/s1. The quantitative estimate of drug-likeness (QED) is 0.268. The van der Waals surface area contributed by atoms with E-state index in [-0.39, 0.29) is 35.7 Å². The lowest BCUT2D eigenvalue weighted by Gasteiger charge is -2.36. The lowest BCUT2D eigenvalue weighted by Crippen LogP contribution is -2.60. The molecule has 0 spiro atoms. The summed E-state index contributed by atoms with van der Waals surface area (Å²) in [5.74, 6) is -0.0504. The van der Waals surface area contributed by atoms with Crippen LogP contribution in [0.4, 0.5) is 10.5 Å². The third-order valence-electron chi connectivity index (χ3n) is 9.97. The molecule has 2 aliphatic carbocycles. The number of anilines is 1. The number of nitrogens with one attached hydrogen (secondary N) is 4. The molecule has 1 unspecified atom stereocenters. The summed E-state index contributed by atoms with van der Waals surface area (Å²) in [5.41, 5.74) is 2.78. The minimum atomic E-state index is -1.10. The van der Waals surface area contributed by atoms with Gasteiger partial charge in [0.25, 0.3) is 5.91 Å². The molecule has 47 heavy (non-hydrogen) atoms. The minimum absolute atomic E-state index is 0.0239. The number of likely N-dealkylation sites (N-methyl/N-ethyl adjacent to an activating group) is 1. The monoisotopic (exact) mass is 641 g/mol. The van der Waals surface area contributed by atoms with E-state index in [2.05, 4.69) is 26.4 Å². The van der Waals surface area contributed by atoms with Crippen molar-refractivity contribution in [2.24, 2.45) is 13.0 Å². The maximum Gasteiger partial charge on any atom is 0.318 e. The van der Waals surface area contributed by atoms with Gasteiger partial charge in [-0.3, -0.25) is 19.1 Å². The van der Waals surface area contributed by atoms with E-state index in [1.807, 2.05) is 42.5 Å². The van der Waals surface area contributed by atoms with Crippen molar-refractivity contribution in [3.63, 3.8) is 0 Å². The summed E-state index contributed by atoms with van der Waals surface area (Å²) in [6.45, 7) is 0.384. The zero-order valence-corrected chi connectivity index (χ0v) is 27.2. The van der Waals surface area contributed by atoms with Gasteiger partial charge in [-0.15, -0.1) is 0 Å². The largest absolute Gasteiger partial charge is 0.497 e. The van der Waals surface area contributed by atoms with Crippen molar-refractivity contribution >= 4 is 29.4 Å². The number of carbonyl (C=O) groups is 4. The SMILES string of the molecule is CNC(=O)C1(N2C[C@@H](Cc3ccc(OC)cc3)NC2=O)Cc2ccc(NC(=O)[C@@H](NC(=O)c3ccnn3C)C3CCCCC3)cc2C1. The van der Waals surface area contributed by atoms with E-state index in [1.165, 1.54) is 4.68 Å². The van der Waals surface area contributed by atoms with Crippen LogP contribution < -0.4 is 26.0 Å². The second kappa shape index (κ2) is 13.5. The Morgan fingerprint density at radius 2 is 1.79 bits per heavy atom. The molecule has 3 aromatic rings. The fraction of sp³-hybridized carbons (Fsp3) is 0.457. The number of ether oxygens (including phenoxy) is 1. The molecule has 12 nitrogen and oxygen atoms in total. The topological polar surface area (TPSA) is 147 Å². The normalized spacial score (nSPS) is 21.5. The number of benzene rings is 2. The van der Waals surface area contributed by atoms with Crippen molar-refractivity contribution < 1.29 is 23.9 Å². The molecule has 0 radical (unpaired) electrons. The van der Waals surface area contributed by atoms with Crippen molar-refractivity contribution in [1.29, 1.82) is 0 Å². The van der Waals surface area contributed by atoms with Crippen LogP contribution >= 0.6 is 0 Å². The first-order chi connectivity index (χ1) is 22.7. The van der Waals surface area contributed by atoms with Gasteiger partial charge in [-0.2, -0.15) is 5.10 Å². The summed E-state index contributed by atoms with van der Waals surface area (Å²) >= 11 is 0. The van der Waals surface area contributed by atoms with Gasteiger partial charge in [0.05, 0.1) is 13.2 Å². The van der Waals surface area contributed by atoms with Crippen LogP contribution in [0.1, 0.15) is 59.3 Å². The first-order valence-electron chi connectivity index (χ1n) is 16.4. The number of hydrogen-bond donors (Lipinski definition) is 4. The van der Waals surface area contributed by atoms with Crippen LogP contribution in [-0.2, 0) is 35.9 Å². The number of fused-ring (bicyclic) bond motifs is 1. The van der Waals surface area contributed by atoms with Crippen LogP contribution in [-0.4, -0.2) is 76.8 Å². The summed E-state index contributed by atoms with van der Waals surface area (Å²) in [7, 11) is 4.91. The molecule has 3 aliphatic rings. The van der Waals surface area contributed by atoms with Gasteiger partial charge in [0.15, 0.2) is 0 Å². The minimum Gasteiger partial charge on any atom is -0.497 e. The molecule has 5 amide bonds. The smallest absolute Gasteiger partial charge is 0.318 e. The Morgan fingerprint density at radius 1 is 1.04 bits per heavy atom. The average molecular weight is 642 g/mol. The molecule has 2 fully saturated rings. The van der Waals surface area contributed by atoms with E-state index in [0.29, 0.717) is 37.2 Å². The van der Waals surface area contributed by atoms with E-state index in [4.69, 9.17) is 4.74 Å². The van der Waals surface area contributed by atoms with Crippen LogP contribution in [0.25, 0.3) is 0 Å². The molecule has 1 aromatic heterocycles. The highest BCUT2D eigenvalue weighted by atomic mass is 16.5. The number of urea groups is 1. The summed E-state index contributed by atoms with van der Waals surface area (Å²) in [6.07, 6.45) is 7.74. The molecule has 0 bridgehead atoms. The number of aromatic nitrogens is 2. The Morgan fingerprint density at radius 3 is 2.47 bits per heavy atom. The molecule has 2 heterocycles. The Labute approximate surface area is 274 Å². The molecule has 1 saturated carbocycles. The summed E-state index contributed by atoms with van der Waals surface area (Å²) in [5, 5.41) is 16.0. The van der Waals surface area contributed by atoms with Crippen molar-refractivity contribution in [1.82, 2.24) is 30.6 Å². The van der Waals surface area contributed by atoms with Crippen LogP contribution in [0.2, 0.25) is 0 Å². The predicted molar refractivity (Wildman–Crippen MR) is 176 cm³/mol. The fourth-order valence-corrected chi connectivity index (χ4v) is 7.47. The highest BCUT2D eigenvalue weighted by Gasteiger charge is 2.53. The molecule has 6 rings (SSSR count). The van der Waals surface area contributed by atoms with Gasteiger partial charge in [-0.25, -0.2) is 4.79 Å². The molecular weight excluding hydrogens is 598 g/mol. The van der Waals surface area contributed by atoms with Crippen LogP contribution in [0, 0.1) is 5.92 Å². The molecule has 2 aromatic carbocycles. The van der Waals surface area contributed by atoms with Gasteiger partial charge in [0.1, 0.15) is 23.0 Å². The van der Waals surface area contributed by atoms with Crippen LogP contribution in [0.3, 0.4) is 0 Å². The van der Waals surface area contributed by atoms with Crippen molar-refractivity contribution in [2.45, 2.75) is 69.0 Å². The number of nitrogens with zero attached hydrogens (tertiary/aromatic N) is 3. The van der Waals surface area contributed by atoms with Gasteiger partial charge in [0.2, 0.25) is 11.8 Å². The second-order valence-corrected chi connectivity index (χ2v) is 12.9. The highest BCUT2D eigenvalue weighted by molar-refractivity contribution is 6.01. The summed E-state index contributed by atoms with van der Waals surface area (Å²) < 4.78 is 6.75. The third-order valence-corrected chi connectivity index (χ3v) is 9.97. The zero-order valence-electron chi connectivity index (χ0n) is 27.2. The molecule has 1 aliphatic heterocycles. The molecule has 1 saturated heterocycles. The molecule has 248 valence electrons. The van der Waals surface area contributed by atoms with Crippen LogP contribution in [0.5, 0.6) is 5.75 Å². The van der Waals surface area contributed by atoms with Crippen LogP contribution in [0.15, 0.2) is 54.7 Å². The lowest BCUT2D eigenvalue weighted by atomic mass is 9.83. The van der Waals surface area contributed by atoms with Crippen molar-refractivity contribution in [3.8, 4) is 5.75 Å². The number of methoxy groups -OCH3 is 1. The van der Waals surface area contributed by atoms with E-state index in [1.54, 1.807) is 38.4 Å². The third kappa shape index (κ3) is 6.54. The van der Waals surface area contributed by atoms with Gasteiger partial charge in [0, 0.05) is 45.4 Å². The lowest BCUT2D eigenvalue weighted by molar-refractivity contribution is -0.130.